The first kappa shape index (κ1) is 13.3. The lowest BCUT2D eigenvalue weighted by Crippen LogP contribution is -2.14. The molecular formula is C12H14N4O2S. The molecule has 2 rings (SSSR count). The molecule has 2 aromatic rings. The van der Waals surface area contributed by atoms with Crippen molar-refractivity contribution in [2.75, 3.05) is 17.1 Å². The molecule has 0 amide bonds. The minimum absolute atomic E-state index is 0.134. The highest BCUT2D eigenvalue weighted by molar-refractivity contribution is 7.92. The third kappa shape index (κ3) is 3.19. The fraction of sp³-hybridized carbons (Fsp3) is 0.167. The number of sulfonamides is 1. The number of aryl methyl sites for hydroxylation is 1. The van der Waals surface area contributed by atoms with Crippen molar-refractivity contribution in [1.82, 2.24) is 9.97 Å². The van der Waals surface area contributed by atoms with Crippen LogP contribution in [0.4, 0.5) is 11.6 Å². The molecule has 0 aliphatic rings. The molecule has 0 unspecified atom stereocenters. The predicted octanol–water partition coefficient (Wildman–Crippen LogP) is 1.63. The average Bonchev–Trinajstić information content (AvgIpc) is 2.41. The molecule has 0 saturated heterocycles. The quantitative estimate of drug-likeness (QED) is 0.888. The van der Waals surface area contributed by atoms with E-state index in [-0.39, 0.29) is 10.7 Å². The van der Waals surface area contributed by atoms with E-state index in [1.165, 1.54) is 18.3 Å². The second-order valence-corrected chi connectivity index (χ2v) is 5.64. The zero-order valence-electron chi connectivity index (χ0n) is 10.6. The summed E-state index contributed by atoms with van der Waals surface area (Å²) in [6.07, 6.45) is 3.03. The van der Waals surface area contributed by atoms with Crippen molar-refractivity contribution in [3.63, 3.8) is 0 Å². The molecule has 0 atom stereocenters. The Morgan fingerprint density at radius 3 is 2.53 bits per heavy atom. The SMILES string of the molecule is CNc1cc(S(=O)(=O)Nc2ccc(C)cn2)ccn1. The Bertz CT molecular complexity index is 668. The third-order valence-corrected chi connectivity index (χ3v) is 3.80. The van der Waals surface area contributed by atoms with E-state index in [2.05, 4.69) is 20.0 Å². The van der Waals surface area contributed by atoms with Crippen LogP contribution in [0.5, 0.6) is 0 Å². The Labute approximate surface area is 112 Å². The van der Waals surface area contributed by atoms with Gasteiger partial charge in [-0.2, -0.15) is 0 Å². The predicted molar refractivity (Wildman–Crippen MR) is 73.6 cm³/mol. The Morgan fingerprint density at radius 2 is 1.89 bits per heavy atom. The van der Waals surface area contributed by atoms with Crippen molar-refractivity contribution in [3.05, 3.63) is 42.2 Å². The summed E-state index contributed by atoms with van der Waals surface area (Å²) in [7, 11) is -1.98. The van der Waals surface area contributed by atoms with Gasteiger partial charge < -0.3 is 5.32 Å². The summed E-state index contributed by atoms with van der Waals surface area (Å²) < 4.78 is 26.7. The van der Waals surface area contributed by atoms with Gasteiger partial charge in [-0.05, 0) is 24.6 Å². The number of pyridine rings is 2. The summed E-state index contributed by atoms with van der Waals surface area (Å²) in [6.45, 7) is 1.88. The summed E-state index contributed by atoms with van der Waals surface area (Å²) in [5, 5.41) is 2.79. The van der Waals surface area contributed by atoms with Gasteiger partial charge in [0.1, 0.15) is 11.6 Å². The largest absolute Gasteiger partial charge is 0.373 e. The molecule has 0 aliphatic carbocycles. The second-order valence-electron chi connectivity index (χ2n) is 3.95. The van der Waals surface area contributed by atoms with Crippen molar-refractivity contribution in [2.45, 2.75) is 11.8 Å². The van der Waals surface area contributed by atoms with Crippen LogP contribution in [0.3, 0.4) is 0 Å². The van der Waals surface area contributed by atoms with Crippen LogP contribution in [0.15, 0.2) is 41.6 Å². The molecule has 0 aromatic carbocycles. The van der Waals surface area contributed by atoms with Gasteiger partial charge in [0.05, 0.1) is 4.90 Å². The first-order chi connectivity index (χ1) is 9.01. The molecule has 7 heteroatoms. The standard InChI is InChI=1S/C12H14N4O2S/c1-9-3-4-11(15-8-9)16-19(17,18)10-5-6-14-12(7-10)13-2/h3-8H,1-2H3,(H,13,14)(H,15,16). The Kier molecular flexibility index (Phi) is 3.66. The molecule has 0 radical (unpaired) electrons. The van der Waals surface area contributed by atoms with E-state index >= 15 is 0 Å². The van der Waals surface area contributed by atoms with Gasteiger partial charge in [-0.25, -0.2) is 18.4 Å². The molecule has 6 nitrogen and oxygen atoms in total. The minimum Gasteiger partial charge on any atom is -0.373 e. The van der Waals surface area contributed by atoms with Crippen molar-refractivity contribution < 1.29 is 8.42 Å². The second kappa shape index (κ2) is 5.23. The van der Waals surface area contributed by atoms with E-state index in [1.54, 1.807) is 25.4 Å². The summed E-state index contributed by atoms with van der Waals surface area (Å²) in [4.78, 5) is 8.11. The van der Waals surface area contributed by atoms with Crippen LogP contribution in [0, 0.1) is 6.92 Å². The zero-order valence-corrected chi connectivity index (χ0v) is 11.4. The van der Waals surface area contributed by atoms with Gasteiger partial charge in [0.2, 0.25) is 0 Å². The maximum Gasteiger partial charge on any atom is 0.263 e. The Morgan fingerprint density at radius 1 is 1.11 bits per heavy atom. The Hall–Kier alpha value is -2.15. The fourth-order valence-corrected chi connectivity index (χ4v) is 2.46. The molecule has 0 bridgehead atoms. The third-order valence-electron chi connectivity index (χ3n) is 2.45. The first-order valence-electron chi connectivity index (χ1n) is 5.60. The van der Waals surface area contributed by atoms with Gasteiger partial charge in [-0.1, -0.05) is 6.07 Å². The van der Waals surface area contributed by atoms with Gasteiger partial charge in [0.15, 0.2) is 0 Å². The van der Waals surface area contributed by atoms with Crippen LogP contribution in [0.2, 0.25) is 0 Å². The number of anilines is 2. The smallest absolute Gasteiger partial charge is 0.263 e. The first-order valence-corrected chi connectivity index (χ1v) is 7.09. The molecule has 0 spiro atoms. The molecule has 0 fully saturated rings. The van der Waals surface area contributed by atoms with Crippen molar-refractivity contribution >= 4 is 21.7 Å². The number of rotatable bonds is 4. The van der Waals surface area contributed by atoms with Crippen molar-refractivity contribution in [2.24, 2.45) is 0 Å². The van der Waals surface area contributed by atoms with E-state index < -0.39 is 10.0 Å². The molecule has 19 heavy (non-hydrogen) atoms. The number of nitrogens with zero attached hydrogens (tertiary/aromatic N) is 2. The molecule has 0 aliphatic heterocycles. The highest BCUT2D eigenvalue weighted by Gasteiger charge is 2.15. The minimum atomic E-state index is -3.65. The number of nitrogens with one attached hydrogen (secondary N) is 2. The summed E-state index contributed by atoms with van der Waals surface area (Å²) in [6, 6.07) is 6.29. The topological polar surface area (TPSA) is 84.0 Å². The van der Waals surface area contributed by atoms with E-state index in [4.69, 9.17) is 0 Å². The van der Waals surface area contributed by atoms with Crippen LogP contribution < -0.4 is 10.0 Å². The molecule has 0 saturated carbocycles. The Balaban J connectivity index is 2.29. The molecular weight excluding hydrogens is 264 g/mol. The zero-order chi connectivity index (χ0) is 13.9. The lowest BCUT2D eigenvalue weighted by atomic mass is 10.3. The summed E-state index contributed by atoms with van der Waals surface area (Å²) >= 11 is 0. The molecule has 2 N–H and O–H groups in total. The van der Waals surface area contributed by atoms with Crippen LogP contribution in [0.25, 0.3) is 0 Å². The van der Waals surface area contributed by atoms with E-state index in [0.29, 0.717) is 5.82 Å². The van der Waals surface area contributed by atoms with Crippen LogP contribution >= 0.6 is 0 Å². The molecule has 100 valence electrons. The van der Waals surface area contributed by atoms with Gasteiger partial charge in [-0.3, -0.25) is 4.72 Å². The summed E-state index contributed by atoms with van der Waals surface area (Å²) in [5.41, 5.74) is 0.962. The highest BCUT2D eigenvalue weighted by atomic mass is 32.2. The van der Waals surface area contributed by atoms with Crippen molar-refractivity contribution in [1.29, 1.82) is 0 Å². The van der Waals surface area contributed by atoms with E-state index in [9.17, 15) is 8.42 Å². The summed E-state index contributed by atoms with van der Waals surface area (Å²) in [5.74, 6) is 0.771. The lowest BCUT2D eigenvalue weighted by Gasteiger charge is -2.08. The van der Waals surface area contributed by atoms with Gasteiger partial charge in [0, 0.05) is 25.5 Å². The van der Waals surface area contributed by atoms with Crippen LogP contribution in [-0.2, 0) is 10.0 Å². The van der Waals surface area contributed by atoms with Crippen molar-refractivity contribution in [3.8, 4) is 0 Å². The van der Waals surface area contributed by atoms with Crippen LogP contribution in [-0.4, -0.2) is 25.4 Å². The molecule has 2 aromatic heterocycles. The highest BCUT2D eigenvalue weighted by Crippen LogP contribution is 2.16. The molecule has 2 heterocycles. The monoisotopic (exact) mass is 278 g/mol. The average molecular weight is 278 g/mol. The van der Waals surface area contributed by atoms with Gasteiger partial charge in [0.25, 0.3) is 10.0 Å². The number of aromatic nitrogens is 2. The van der Waals surface area contributed by atoms with Gasteiger partial charge >= 0.3 is 0 Å². The van der Waals surface area contributed by atoms with Gasteiger partial charge in [-0.15, -0.1) is 0 Å². The van der Waals surface area contributed by atoms with Crippen LogP contribution in [0.1, 0.15) is 5.56 Å². The van der Waals surface area contributed by atoms with E-state index in [1.807, 2.05) is 6.92 Å². The number of hydrogen-bond donors (Lipinski definition) is 2. The fourth-order valence-electron chi connectivity index (χ4n) is 1.44. The lowest BCUT2D eigenvalue weighted by molar-refractivity contribution is 0.601. The normalized spacial score (nSPS) is 11.1. The van der Waals surface area contributed by atoms with E-state index in [0.717, 1.165) is 5.56 Å². The maximum absolute atomic E-state index is 12.1. The number of hydrogen-bond acceptors (Lipinski definition) is 5. The maximum atomic E-state index is 12.1.